The Morgan fingerprint density at radius 2 is 1.91 bits per heavy atom. The highest BCUT2D eigenvalue weighted by molar-refractivity contribution is 5.90. The van der Waals surface area contributed by atoms with Gasteiger partial charge in [-0.3, -0.25) is 9.78 Å². The van der Waals surface area contributed by atoms with Gasteiger partial charge in [0.15, 0.2) is 24.1 Å². The van der Waals surface area contributed by atoms with Crippen LogP contribution >= 0.6 is 0 Å². The number of anilines is 1. The van der Waals surface area contributed by atoms with Gasteiger partial charge in [0.25, 0.3) is 5.91 Å². The smallest absolute Gasteiger partial charge is 0.343 e. The lowest BCUT2D eigenvalue weighted by Crippen LogP contribution is -2.57. The Balaban J connectivity index is 1.43. The minimum absolute atomic E-state index is 0.144. The van der Waals surface area contributed by atoms with Gasteiger partial charge in [-0.2, -0.15) is 0 Å². The van der Waals surface area contributed by atoms with E-state index in [0.717, 1.165) is 45.1 Å². The maximum Gasteiger partial charge on any atom is 0.343 e. The lowest BCUT2D eigenvalue weighted by molar-refractivity contribution is -0.909. The number of aromatic nitrogens is 2. The number of nitrogens with one attached hydrogen (secondary N) is 1. The maximum absolute atomic E-state index is 13.4. The largest absolute Gasteiger partial charge is 0.454 e. The number of ether oxygens (including phenoxy) is 1. The Hall–Kier alpha value is -2.84. The molecule has 176 valence electrons. The second-order valence-electron chi connectivity index (χ2n) is 9.61. The van der Waals surface area contributed by atoms with Crippen molar-refractivity contribution in [1.82, 2.24) is 9.97 Å². The van der Waals surface area contributed by atoms with E-state index in [1.54, 1.807) is 18.3 Å². The number of nitrogens with zero attached hydrogens (tertiary/aromatic N) is 3. The molecule has 2 fully saturated rings. The molecule has 3 atom stereocenters. The highest BCUT2D eigenvalue weighted by atomic mass is 16.6. The summed E-state index contributed by atoms with van der Waals surface area (Å²) in [4.78, 5) is 34.1. The van der Waals surface area contributed by atoms with Crippen molar-refractivity contribution in [2.45, 2.75) is 50.2 Å². The van der Waals surface area contributed by atoms with Crippen LogP contribution in [0.25, 0.3) is 0 Å². The van der Waals surface area contributed by atoms with Crippen LogP contribution in [-0.2, 0) is 19.9 Å². The van der Waals surface area contributed by atoms with Crippen LogP contribution in [0.2, 0.25) is 0 Å². The fourth-order valence-electron chi connectivity index (χ4n) is 5.30. The topological polar surface area (TPSA) is 101 Å². The fourth-order valence-corrected chi connectivity index (χ4v) is 5.30. The van der Waals surface area contributed by atoms with Gasteiger partial charge < -0.3 is 19.6 Å². The summed E-state index contributed by atoms with van der Waals surface area (Å²) in [5, 5.41) is 14.4. The first kappa shape index (κ1) is 23.3. The molecule has 0 spiro atoms. The Morgan fingerprint density at radius 1 is 1.15 bits per heavy atom. The van der Waals surface area contributed by atoms with Crippen molar-refractivity contribution in [3.8, 4) is 0 Å². The van der Waals surface area contributed by atoms with Crippen LogP contribution in [0.5, 0.6) is 0 Å². The van der Waals surface area contributed by atoms with Crippen LogP contribution in [0, 0.1) is 5.92 Å². The summed E-state index contributed by atoms with van der Waals surface area (Å²) in [5.41, 5.74) is -1.04. The van der Waals surface area contributed by atoms with Crippen molar-refractivity contribution in [3.63, 3.8) is 0 Å². The molecule has 2 heterocycles. The van der Waals surface area contributed by atoms with Crippen LogP contribution in [0.1, 0.15) is 44.1 Å². The number of hydrogen-bond acceptors (Lipinski definition) is 6. The number of likely N-dealkylation sites (tertiary alicyclic amines) is 1. The van der Waals surface area contributed by atoms with Gasteiger partial charge in [0.1, 0.15) is 6.54 Å². The molecule has 1 saturated carbocycles. The molecular weight excluding hydrogens is 420 g/mol. The maximum atomic E-state index is 13.4. The van der Waals surface area contributed by atoms with Gasteiger partial charge in [0.2, 0.25) is 0 Å². The SMILES string of the molecule is C[N@@+]1(CC(=O)Nc2cnccn2)CCCC(OC(=O)C(O)(c2ccccc2)C2CCCC2)C1. The molecule has 0 radical (unpaired) electrons. The first-order chi connectivity index (χ1) is 15.9. The number of carbonyl (C=O) groups is 2. The number of hydrogen-bond donors (Lipinski definition) is 2. The third-order valence-corrected chi connectivity index (χ3v) is 6.97. The van der Waals surface area contributed by atoms with Crippen LogP contribution in [0.15, 0.2) is 48.9 Å². The van der Waals surface area contributed by atoms with Crippen molar-refractivity contribution < 1.29 is 23.9 Å². The number of esters is 1. The van der Waals surface area contributed by atoms with Crippen LogP contribution < -0.4 is 5.32 Å². The van der Waals surface area contributed by atoms with Gasteiger partial charge in [0, 0.05) is 24.7 Å². The molecule has 33 heavy (non-hydrogen) atoms. The van der Waals surface area contributed by atoms with Crippen molar-refractivity contribution in [1.29, 1.82) is 0 Å². The van der Waals surface area contributed by atoms with Gasteiger partial charge in [-0.15, -0.1) is 0 Å². The molecule has 4 rings (SSSR count). The number of quaternary nitrogens is 1. The molecule has 2 aromatic rings. The molecule has 1 aliphatic heterocycles. The predicted octanol–water partition coefficient (Wildman–Crippen LogP) is 2.65. The molecule has 8 nitrogen and oxygen atoms in total. The minimum Gasteiger partial charge on any atom is -0.454 e. The number of benzene rings is 1. The van der Waals surface area contributed by atoms with E-state index in [0.29, 0.717) is 22.4 Å². The molecule has 2 N–H and O–H groups in total. The zero-order valence-corrected chi connectivity index (χ0v) is 19.2. The average molecular weight is 454 g/mol. The number of piperidine rings is 1. The molecular formula is C25H33N4O4+. The van der Waals surface area contributed by atoms with E-state index >= 15 is 0 Å². The summed E-state index contributed by atoms with van der Waals surface area (Å²) < 4.78 is 6.42. The number of amides is 1. The van der Waals surface area contributed by atoms with E-state index in [1.807, 2.05) is 25.2 Å². The monoisotopic (exact) mass is 453 g/mol. The molecule has 1 aromatic heterocycles. The average Bonchev–Trinajstić information content (AvgIpc) is 3.35. The van der Waals surface area contributed by atoms with Gasteiger partial charge in [-0.1, -0.05) is 43.2 Å². The van der Waals surface area contributed by atoms with E-state index in [4.69, 9.17) is 4.74 Å². The Labute approximate surface area is 194 Å². The summed E-state index contributed by atoms with van der Waals surface area (Å²) in [6, 6.07) is 9.16. The number of aliphatic hydroxyl groups is 1. The van der Waals surface area contributed by atoms with Gasteiger partial charge in [0.05, 0.1) is 19.8 Å². The Kier molecular flexibility index (Phi) is 7.05. The summed E-state index contributed by atoms with van der Waals surface area (Å²) >= 11 is 0. The second-order valence-corrected chi connectivity index (χ2v) is 9.61. The van der Waals surface area contributed by atoms with Crippen molar-refractivity contribution in [3.05, 3.63) is 54.5 Å². The Bertz CT molecular complexity index is 951. The summed E-state index contributed by atoms with van der Waals surface area (Å²) in [6.07, 6.45) is 9.42. The molecule has 1 aliphatic carbocycles. The molecule has 1 amide bonds. The lowest BCUT2D eigenvalue weighted by atomic mass is 9.80. The van der Waals surface area contributed by atoms with E-state index in [-0.39, 0.29) is 24.5 Å². The lowest BCUT2D eigenvalue weighted by Gasteiger charge is -2.41. The quantitative estimate of drug-likeness (QED) is 0.494. The molecule has 8 heteroatoms. The van der Waals surface area contributed by atoms with Crippen molar-refractivity contribution in [2.24, 2.45) is 5.92 Å². The molecule has 0 bridgehead atoms. The van der Waals surface area contributed by atoms with Gasteiger partial charge in [-0.05, 0) is 24.8 Å². The standard InChI is InChI=1S/C25H32N4O4/c1-29(18-23(30)28-22-16-26-13-14-27-22)15-7-12-21(17-29)33-24(31)25(32,20-10-5-6-11-20)19-8-3-2-4-9-19/h2-4,8-9,13-14,16,20-21,32H,5-7,10-12,15,17-18H2,1H3/p+1/t21?,25?,29-/m1/s1. The fraction of sp³-hybridized carbons (Fsp3) is 0.520. The predicted molar refractivity (Wildman–Crippen MR) is 123 cm³/mol. The minimum atomic E-state index is -1.64. The van der Waals surface area contributed by atoms with E-state index in [9.17, 15) is 14.7 Å². The molecule has 2 aliphatic rings. The van der Waals surface area contributed by atoms with E-state index in [1.165, 1.54) is 12.4 Å². The third kappa shape index (κ3) is 5.39. The molecule has 1 aromatic carbocycles. The summed E-state index contributed by atoms with van der Waals surface area (Å²) in [5.74, 6) is -0.451. The van der Waals surface area contributed by atoms with Crippen LogP contribution in [-0.4, -0.2) is 64.2 Å². The van der Waals surface area contributed by atoms with Crippen molar-refractivity contribution >= 4 is 17.7 Å². The first-order valence-corrected chi connectivity index (χ1v) is 11.8. The molecule has 2 unspecified atom stereocenters. The highest BCUT2D eigenvalue weighted by Crippen LogP contribution is 2.42. The van der Waals surface area contributed by atoms with Gasteiger partial charge in [-0.25, -0.2) is 9.78 Å². The number of likely N-dealkylation sites (N-methyl/N-ethyl adjacent to an activating group) is 1. The van der Waals surface area contributed by atoms with Crippen LogP contribution in [0.3, 0.4) is 0 Å². The second kappa shape index (κ2) is 9.97. The van der Waals surface area contributed by atoms with E-state index < -0.39 is 11.6 Å². The summed E-state index contributed by atoms with van der Waals surface area (Å²) in [6.45, 7) is 1.58. The Morgan fingerprint density at radius 3 is 2.61 bits per heavy atom. The number of carbonyl (C=O) groups excluding carboxylic acids is 2. The normalized spacial score (nSPS) is 25.2. The van der Waals surface area contributed by atoms with Crippen molar-refractivity contribution in [2.75, 3.05) is 32.0 Å². The van der Waals surface area contributed by atoms with Crippen LogP contribution in [0.4, 0.5) is 5.82 Å². The third-order valence-electron chi connectivity index (χ3n) is 6.97. The zero-order chi connectivity index (χ0) is 23.3. The number of rotatable bonds is 7. The van der Waals surface area contributed by atoms with Gasteiger partial charge >= 0.3 is 5.97 Å². The van der Waals surface area contributed by atoms with E-state index in [2.05, 4.69) is 15.3 Å². The first-order valence-electron chi connectivity index (χ1n) is 11.8. The summed E-state index contributed by atoms with van der Waals surface area (Å²) in [7, 11) is 2.00. The highest BCUT2D eigenvalue weighted by Gasteiger charge is 2.49. The molecule has 1 saturated heterocycles. The zero-order valence-electron chi connectivity index (χ0n) is 19.2.